The summed E-state index contributed by atoms with van der Waals surface area (Å²) in [5, 5.41) is 4.41. The Balaban J connectivity index is 1.34. The van der Waals surface area contributed by atoms with E-state index in [1.165, 1.54) is 12.1 Å². The molecule has 3 saturated heterocycles. The van der Waals surface area contributed by atoms with Gasteiger partial charge >= 0.3 is 5.69 Å². The van der Waals surface area contributed by atoms with E-state index in [2.05, 4.69) is 33.9 Å². The molecule has 3 fully saturated rings. The van der Waals surface area contributed by atoms with Crippen LogP contribution in [0.4, 0.5) is 14.6 Å². The van der Waals surface area contributed by atoms with Crippen molar-refractivity contribution in [3.8, 4) is 16.9 Å². The average molecular weight is 586 g/mol. The molecule has 11 heteroatoms. The Kier molecular flexibility index (Phi) is 6.92. The monoisotopic (exact) mass is 585 g/mol. The number of halogens is 3. The number of likely N-dealkylation sites (tertiary alicyclic amines) is 1. The number of hydrogen-bond donors (Lipinski definition) is 1. The van der Waals surface area contributed by atoms with E-state index in [9.17, 15) is 9.18 Å². The van der Waals surface area contributed by atoms with E-state index in [1.807, 2.05) is 0 Å². The number of piperazine rings is 1. The molecular weight excluding hydrogens is 552 g/mol. The Morgan fingerprint density at radius 2 is 2.02 bits per heavy atom. The van der Waals surface area contributed by atoms with Crippen LogP contribution < -0.4 is 20.6 Å². The van der Waals surface area contributed by atoms with Gasteiger partial charge in [-0.2, -0.15) is 4.98 Å². The molecule has 3 aromatic rings. The summed E-state index contributed by atoms with van der Waals surface area (Å²) in [7, 11) is 0. The minimum atomic E-state index is -0.746. The molecule has 4 aliphatic heterocycles. The highest BCUT2D eigenvalue weighted by Crippen LogP contribution is 2.47. The zero-order valence-corrected chi connectivity index (χ0v) is 24.0. The van der Waals surface area contributed by atoms with Crippen molar-refractivity contribution in [2.45, 2.75) is 63.4 Å². The fraction of sp³-hybridized carbons (Fsp3) is 0.533. The summed E-state index contributed by atoms with van der Waals surface area (Å²) >= 11 is 6.85. The van der Waals surface area contributed by atoms with Crippen molar-refractivity contribution in [3.63, 3.8) is 0 Å². The second kappa shape index (κ2) is 10.5. The molecule has 2 aromatic carbocycles. The molecule has 0 unspecified atom stereocenters. The molecule has 218 valence electrons. The average Bonchev–Trinajstić information content (AvgIpc) is 3.57. The van der Waals surface area contributed by atoms with Crippen molar-refractivity contribution in [3.05, 3.63) is 51.4 Å². The third-order valence-electron chi connectivity index (χ3n) is 9.12. The summed E-state index contributed by atoms with van der Waals surface area (Å²) < 4.78 is 42.7. The van der Waals surface area contributed by atoms with Gasteiger partial charge in [0.15, 0.2) is 5.75 Å². The van der Waals surface area contributed by atoms with Gasteiger partial charge in [0.2, 0.25) is 0 Å². The molecule has 4 aliphatic rings. The number of aromatic nitrogens is 2. The first-order chi connectivity index (χ1) is 19.8. The normalized spacial score (nSPS) is 27.5. The van der Waals surface area contributed by atoms with E-state index in [0.29, 0.717) is 46.7 Å². The minimum absolute atomic E-state index is 0.0908. The SMILES string of the molecule is C[C@@H]1CN(c2nc(=O)n3c4c(c(-c5ccc(F)cc5F)c(Cl)cc24)OC[C@H]3CCCN2C[C@@H]3C[C@H]2CO3)[C@@H](C)CN1. The number of nitrogens with one attached hydrogen (secondary N) is 1. The third-order valence-corrected chi connectivity index (χ3v) is 9.41. The smallest absolute Gasteiger partial charge is 0.350 e. The fourth-order valence-electron chi connectivity index (χ4n) is 7.03. The quantitative estimate of drug-likeness (QED) is 0.461. The van der Waals surface area contributed by atoms with E-state index in [1.54, 1.807) is 10.6 Å². The van der Waals surface area contributed by atoms with Gasteiger partial charge < -0.3 is 19.7 Å². The topological polar surface area (TPSA) is 71.9 Å². The number of nitrogens with zero attached hydrogens (tertiary/aromatic N) is 4. The van der Waals surface area contributed by atoms with Crippen LogP contribution in [0.25, 0.3) is 22.0 Å². The van der Waals surface area contributed by atoms with E-state index < -0.39 is 11.6 Å². The predicted octanol–water partition coefficient (Wildman–Crippen LogP) is 4.37. The van der Waals surface area contributed by atoms with Crippen LogP contribution in [0, 0.1) is 11.6 Å². The standard InChI is InChI=1S/C30H34ClF2N5O3/c1-16-12-37(17(2)11-34-16)29-23-10-24(31)26(22-6-5-18(32)8-25(22)33)28-27(23)38(30(39)35-29)19(14-41-28)4-3-7-36-13-21-9-20(36)15-40-21/h5-6,8,10,16-17,19-21,34H,3-4,7,9,11-15H2,1-2H3/t16-,17+,19-,20+,21+/m1/s1. The first-order valence-corrected chi connectivity index (χ1v) is 14.9. The van der Waals surface area contributed by atoms with Gasteiger partial charge in [0.25, 0.3) is 0 Å². The Morgan fingerprint density at radius 3 is 2.78 bits per heavy atom. The molecule has 5 heterocycles. The van der Waals surface area contributed by atoms with Gasteiger partial charge in [-0.05, 0) is 57.9 Å². The molecule has 1 aromatic heterocycles. The minimum Gasteiger partial charge on any atom is -0.488 e. The Labute approximate surface area is 242 Å². The highest BCUT2D eigenvalue weighted by Gasteiger charge is 2.39. The van der Waals surface area contributed by atoms with Gasteiger partial charge in [-0.15, -0.1) is 0 Å². The van der Waals surface area contributed by atoms with Crippen molar-refractivity contribution >= 4 is 28.3 Å². The lowest BCUT2D eigenvalue weighted by Gasteiger charge is -2.39. The van der Waals surface area contributed by atoms with Crippen LogP contribution in [0.2, 0.25) is 5.02 Å². The molecule has 0 amide bonds. The molecule has 7 rings (SSSR count). The maximum Gasteiger partial charge on any atom is 0.350 e. The zero-order valence-electron chi connectivity index (χ0n) is 23.2. The summed E-state index contributed by atoms with van der Waals surface area (Å²) in [5.74, 6) is -0.542. The molecular formula is C30H34ClF2N5O3. The molecule has 1 N–H and O–H groups in total. The van der Waals surface area contributed by atoms with E-state index in [-0.39, 0.29) is 41.0 Å². The Morgan fingerprint density at radius 1 is 1.17 bits per heavy atom. The van der Waals surface area contributed by atoms with E-state index >= 15 is 4.39 Å². The van der Waals surface area contributed by atoms with Crippen molar-refractivity contribution < 1.29 is 18.3 Å². The Hall–Kier alpha value is -2.79. The summed E-state index contributed by atoms with van der Waals surface area (Å²) in [4.78, 5) is 23.1. The van der Waals surface area contributed by atoms with Crippen molar-refractivity contribution in [1.82, 2.24) is 19.8 Å². The number of fused-ring (bicyclic) bond motifs is 2. The number of anilines is 1. The summed E-state index contributed by atoms with van der Waals surface area (Å²) in [6.45, 7) is 8.51. The molecule has 5 atom stereocenters. The molecule has 8 nitrogen and oxygen atoms in total. The molecule has 2 bridgehead atoms. The van der Waals surface area contributed by atoms with Crippen LogP contribution in [-0.4, -0.2) is 78.1 Å². The van der Waals surface area contributed by atoms with Crippen LogP contribution in [-0.2, 0) is 4.74 Å². The molecule has 0 saturated carbocycles. The number of rotatable bonds is 6. The first kappa shape index (κ1) is 27.1. The Bertz CT molecular complexity index is 1570. The van der Waals surface area contributed by atoms with Crippen LogP contribution in [0.1, 0.15) is 39.2 Å². The number of morpholine rings is 1. The van der Waals surface area contributed by atoms with Crippen LogP contribution in [0.5, 0.6) is 5.75 Å². The molecule has 0 aliphatic carbocycles. The largest absolute Gasteiger partial charge is 0.488 e. The van der Waals surface area contributed by atoms with Crippen LogP contribution >= 0.6 is 11.6 Å². The van der Waals surface area contributed by atoms with E-state index in [0.717, 1.165) is 51.6 Å². The zero-order chi connectivity index (χ0) is 28.4. The fourth-order valence-corrected chi connectivity index (χ4v) is 7.33. The van der Waals surface area contributed by atoms with Gasteiger partial charge in [-0.3, -0.25) is 9.47 Å². The summed E-state index contributed by atoms with van der Waals surface area (Å²) in [6.07, 6.45) is 3.06. The van der Waals surface area contributed by atoms with Gasteiger partial charge in [0.05, 0.1) is 29.3 Å². The third kappa shape index (κ3) is 4.69. The maximum atomic E-state index is 15.1. The second-order valence-corrected chi connectivity index (χ2v) is 12.3. The van der Waals surface area contributed by atoms with Crippen molar-refractivity contribution in [1.29, 1.82) is 0 Å². The predicted molar refractivity (Wildman–Crippen MR) is 154 cm³/mol. The number of ether oxygens (including phenoxy) is 2. The summed E-state index contributed by atoms with van der Waals surface area (Å²) in [5.41, 5.74) is 0.642. The van der Waals surface area contributed by atoms with Crippen LogP contribution in [0.3, 0.4) is 0 Å². The summed E-state index contributed by atoms with van der Waals surface area (Å²) in [6, 6.07) is 5.69. The van der Waals surface area contributed by atoms with Gasteiger partial charge in [-0.1, -0.05) is 11.6 Å². The molecule has 0 spiro atoms. The van der Waals surface area contributed by atoms with Gasteiger partial charge in [-0.25, -0.2) is 13.6 Å². The molecule has 41 heavy (non-hydrogen) atoms. The second-order valence-electron chi connectivity index (χ2n) is 11.9. The number of hydrogen-bond acceptors (Lipinski definition) is 7. The maximum absolute atomic E-state index is 15.1. The molecule has 0 radical (unpaired) electrons. The van der Waals surface area contributed by atoms with Crippen LogP contribution in [0.15, 0.2) is 29.1 Å². The highest BCUT2D eigenvalue weighted by atomic mass is 35.5. The highest BCUT2D eigenvalue weighted by molar-refractivity contribution is 6.35. The lowest BCUT2D eigenvalue weighted by atomic mass is 9.98. The van der Waals surface area contributed by atoms with Gasteiger partial charge in [0.1, 0.15) is 24.1 Å². The first-order valence-electron chi connectivity index (χ1n) is 14.5. The van der Waals surface area contributed by atoms with E-state index in [4.69, 9.17) is 21.1 Å². The van der Waals surface area contributed by atoms with Gasteiger partial charge in [0, 0.05) is 60.3 Å². The van der Waals surface area contributed by atoms with Crippen molar-refractivity contribution in [2.75, 3.05) is 44.3 Å². The number of benzene rings is 2. The van der Waals surface area contributed by atoms with Crippen molar-refractivity contribution in [2.24, 2.45) is 0 Å². The lowest BCUT2D eigenvalue weighted by Crippen LogP contribution is -2.55. The lowest BCUT2D eigenvalue weighted by molar-refractivity contribution is 0.0294.